The lowest BCUT2D eigenvalue weighted by Crippen LogP contribution is -2.36. The summed E-state index contributed by atoms with van der Waals surface area (Å²) in [5, 5.41) is 3.16. The molecule has 0 aliphatic carbocycles. The highest BCUT2D eigenvalue weighted by atomic mass is 35.5. The van der Waals surface area contributed by atoms with Gasteiger partial charge in [0.1, 0.15) is 12.4 Å². The molecular formula is C22H25ClN2O6S. The van der Waals surface area contributed by atoms with Crippen molar-refractivity contribution in [2.45, 2.75) is 44.2 Å². The number of hydrogen-bond donors (Lipinski definition) is 2. The van der Waals surface area contributed by atoms with E-state index >= 15 is 0 Å². The molecular weight excluding hydrogens is 456 g/mol. The minimum atomic E-state index is -3.63. The molecule has 0 spiro atoms. The predicted octanol–water partition coefficient (Wildman–Crippen LogP) is 3.15. The first-order valence-electron chi connectivity index (χ1n) is 10.1. The number of carbonyl (C=O) groups excluding carboxylic acids is 2. The Hall–Kier alpha value is -2.62. The van der Waals surface area contributed by atoms with E-state index in [0.717, 1.165) is 5.56 Å². The summed E-state index contributed by atoms with van der Waals surface area (Å²) in [4.78, 5) is 25.0. The average Bonchev–Trinajstić information content (AvgIpc) is 2.72. The van der Waals surface area contributed by atoms with Gasteiger partial charge in [0.2, 0.25) is 10.0 Å². The zero-order valence-corrected chi connectivity index (χ0v) is 19.5. The molecule has 2 atom stereocenters. The largest absolute Gasteiger partial charge is 0.492 e. The van der Waals surface area contributed by atoms with Crippen molar-refractivity contribution >= 4 is 39.2 Å². The van der Waals surface area contributed by atoms with Crippen LogP contribution in [0.1, 0.15) is 26.3 Å². The second-order valence-electron chi connectivity index (χ2n) is 7.83. The highest BCUT2D eigenvalue weighted by molar-refractivity contribution is 7.89. The minimum Gasteiger partial charge on any atom is -0.492 e. The topological polar surface area (TPSA) is 111 Å². The molecule has 3 rings (SSSR count). The summed E-state index contributed by atoms with van der Waals surface area (Å²) in [6, 6.07) is 10.7. The first-order chi connectivity index (χ1) is 15.0. The molecule has 2 aromatic carbocycles. The molecule has 0 radical (unpaired) electrons. The van der Waals surface area contributed by atoms with Crippen LogP contribution in [0.15, 0.2) is 47.4 Å². The van der Waals surface area contributed by atoms with Crippen LogP contribution in [-0.2, 0) is 30.8 Å². The van der Waals surface area contributed by atoms with Crippen molar-refractivity contribution in [3.8, 4) is 5.75 Å². The maximum absolute atomic E-state index is 12.5. The van der Waals surface area contributed by atoms with E-state index in [0.29, 0.717) is 22.9 Å². The van der Waals surface area contributed by atoms with Gasteiger partial charge in [-0.2, -0.15) is 0 Å². The third-order valence-corrected chi connectivity index (χ3v) is 6.66. The van der Waals surface area contributed by atoms with E-state index in [4.69, 9.17) is 21.1 Å². The predicted molar refractivity (Wildman–Crippen MR) is 120 cm³/mol. The summed E-state index contributed by atoms with van der Waals surface area (Å²) in [7, 11) is -3.63. The lowest BCUT2D eigenvalue weighted by Gasteiger charge is -2.25. The van der Waals surface area contributed by atoms with Gasteiger partial charge in [-0.05, 0) is 75.2 Å². The number of halogens is 1. The Labute approximate surface area is 192 Å². The molecule has 2 N–H and O–H groups in total. The van der Waals surface area contributed by atoms with Crippen LogP contribution in [0.3, 0.4) is 0 Å². The molecule has 10 heteroatoms. The molecule has 1 aliphatic rings. The summed E-state index contributed by atoms with van der Waals surface area (Å²) < 4.78 is 37.8. The standard InChI is InChI=1S/C22H25ClN2O6S/c1-13(2)25-32(28,29)19-7-5-18(6-8-19)24-21(26)14(3)31-22(27)16-10-15-11-17(23)4-9-20(15)30-12-16/h4-9,11,13-14,16,25H,10,12H2,1-3H3,(H,24,26). The van der Waals surface area contributed by atoms with Gasteiger partial charge in [-0.1, -0.05) is 11.6 Å². The summed E-state index contributed by atoms with van der Waals surface area (Å²) >= 11 is 6.00. The molecule has 1 amide bonds. The first kappa shape index (κ1) is 24.0. The van der Waals surface area contributed by atoms with Gasteiger partial charge in [0.05, 0.1) is 10.8 Å². The van der Waals surface area contributed by atoms with Crippen molar-refractivity contribution in [3.63, 3.8) is 0 Å². The van der Waals surface area contributed by atoms with Gasteiger partial charge in [0.25, 0.3) is 5.91 Å². The molecule has 0 fully saturated rings. The van der Waals surface area contributed by atoms with Crippen LogP contribution in [0.5, 0.6) is 5.75 Å². The number of carbonyl (C=O) groups is 2. The van der Waals surface area contributed by atoms with Crippen molar-refractivity contribution in [2.24, 2.45) is 5.92 Å². The van der Waals surface area contributed by atoms with E-state index < -0.39 is 33.9 Å². The summed E-state index contributed by atoms with van der Waals surface area (Å²) in [5.41, 5.74) is 1.19. The minimum absolute atomic E-state index is 0.0846. The molecule has 172 valence electrons. The summed E-state index contributed by atoms with van der Waals surface area (Å²) in [6.07, 6.45) is -0.641. The Morgan fingerprint density at radius 3 is 2.47 bits per heavy atom. The number of nitrogens with one attached hydrogen (secondary N) is 2. The smallest absolute Gasteiger partial charge is 0.313 e. The Morgan fingerprint density at radius 2 is 1.81 bits per heavy atom. The summed E-state index contributed by atoms with van der Waals surface area (Å²) in [5.74, 6) is -0.943. The van der Waals surface area contributed by atoms with E-state index in [1.54, 1.807) is 32.0 Å². The third-order valence-electron chi connectivity index (χ3n) is 4.75. The monoisotopic (exact) mass is 480 g/mol. The molecule has 1 aliphatic heterocycles. The van der Waals surface area contributed by atoms with Gasteiger partial charge in [-0.25, -0.2) is 13.1 Å². The number of anilines is 1. The quantitative estimate of drug-likeness (QED) is 0.589. The molecule has 1 heterocycles. The van der Waals surface area contributed by atoms with E-state index in [-0.39, 0.29) is 17.5 Å². The molecule has 2 aromatic rings. The Bertz CT molecular complexity index is 1100. The number of fused-ring (bicyclic) bond motifs is 1. The number of hydrogen-bond acceptors (Lipinski definition) is 6. The van der Waals surface area contributed by atoms with Crippen LogP contribution in [0.2, 0.25) is 5.02 Å². The fraction of sp³-hybridized carbons (Fsp3) is 0.364. The molecule has 8 nitrogen and oxygen atoms in total. The van der Waals surface area contributed by atoms with Crippen LogP contribution in [0.25, 0.3) is 0 Å². The van der Waals surface area contributed by atoms with Gasteiger partial charge < -0.3 is 14.8 Å². The van der Waals surface area contributed by atoms with Crippen LogP contribution in [0.4, 0.5) is 5.69 Å². The normalized spacial score (nSPS) is 16.6. The van der Waals surface area contributed by atoms with E-state index in [1.807, 2.05) is 0 Å². The number of ether oxygens (including phenoxy) is 2. The van der Waals surface area contributed by atoms with Crippen molar-refractivity contribution in [1.82, 2.24) is 4.72 Å². The number of sulfonamides is 1. The maximum atomic E-state index is 12.5. The van der Waals surface area contributed by atoms with Crippen LogP contribution < -0.4 is 14.8 Å². The SMILES string of the molecule is CC(C)NS(=O)(=O)c1ccc(NC(=O)C(C)OC(=O)C2COc3ccc(Cl)cc3C2)cc1. The van der Waals surface area contributed by atoms with E-state index in [2.05, 4.69) is 10.0 Å². The average molecular weight is 481 g/mol. The lowest BCUT2D eigenvalue weighted by molar-refractivity contribution is -0.158. The third kappa shape index (κ3) is 5.99. The van der Waals surface area contributed by atoms with Gasteiger partial charge >= 0.3 is 5.97 Å². The first-order valence-corrected chi connectivity index (χ1v) is 12.0. The highest BCUT2D eigenvalue weighted by Gasteiger charge is 2.30. The maximum Gasteiger partial charge on any atom is 0.313 e. The van der Waals surface area contributed by atoms with Gasteiger partial charge in [0.15, 0.2) is 6.10 Å². The zero-order chi connectivity index (χ0) is 23.5. The second-order valence-corrected chi connectivity index (χ2v) is 9.98. The van der Waals surface area contributed by atoms with Crippen LogP contribution in [-0.4, -0.2) is 39.0 Å². The number of esters is 1. The molecule has 0 aromatic heterocycles. The molecule has 0 bridgehead atoms. The van der Waals surface area contributed by atoms with Gasteiger partial charge in [0, 0.05) is 16.8 Å². The number of rotatable bonds is 7. The molecule has 0 saturated heterocycles. The second kappa shape index (κ2) is 9.89. The molecule has 32 heavy (non-hydrogen) atoms. The number of amides is 1. The summed E-state index contributed by atoms with van der Waals surface area (Å²) in [6.45, 7) is 5.07. The Balaban J connectivity index is 1.56. The molecule has 0 saturated carbocycles. The van der Waals surface area contributed by atoms with Crippen LogP contribution in [0, 0.1) is 5.92 Å². The van der Waals surface area contributed by atoms with E-state index in [9.17, 15) is 18.0 Å². The Morgan fingerprint density at radius 1 is 1.12 bits per heavy atom. The zero-order valence-electron chi connectivity index (χ0n) is 17.9. The van der Waals surface area contributed by atoms with Crippen molar-refractivity contribution in [3.05, 3.63) is 53.1 Å². The number of benzene rings is 2. The van der Waals surface area contributed by atoms with E-state index in [1.165, 1.54) is 31.2 Å². The lowest BCUT2D eigenvalue weighted by atomic mass is 9.97. The highest BCUT2D eigenvalue weighted by Crippen LogP contribution is 2.30. The van der Waals surface area contributed by atoms with Crippen molar-refractivity contribution in [1.29, 1.82) is 0 Å². The van der Waals surface area contributed by atoms with Gasteiger partial charge in [-0.3, -0.25) is 9.59 Å². The van der Waals surface area contributed by atoms with Crippen molar-refractivity contribution in [2.75, 3.05) is 11.9 Å². The van der Waals surface area contributed by atoms with Crippen LogP contribution >= 0.6 is 11.6 Å². The molecule has 2 unspecified atom stereocenters. The Kier molecular flexibility index (Phi) is 7.43. The fourth-order valence-electron chi connectivity index (χ4n) is 3.18. The van der Waals surface area contributed by atoms with Gasteiger partial charge in [-0.15, -0.1) is 0 Å². The fourth-order valence-corrected chi connectivity index (χ4v) is 4.62. The van der Waals surface area contributed by atoms with Crippen molar-refractivity contribution < 1.29 is 27.5 Å².